The van der Waals surface area contributed by atoms with Crippen molar-refractivity contribution in [1.29, 1.82) is 0 Å². The van der Waals surface area contributed by atoms with Crippen LogP contribution in [0.1, 0.15) is 48.0 Å². The van der Waals surface area contributed by atoms with Gasteiger partial charge in [-0.3, -0.25) is 5.01 Å². The second kappa shape index (κ2) is 4.48. The van der Waals surface area contributed by atoms with Gasteiger partial charge in [-0.25, -0.2) is 0 Å². The van der Waals surface area contributed by atoms with Crippen molar-refractivity contribution in [2.45, 2.75) is 53.5 Å². The lowest BCUT2D eigenvalue weighted by Crippen LogP contribution is -2.38. The summed E-state index contributed by atoms with van der Waals surface area (Å²) < 4.78 is 0. The molecule has 0 saturated carbocycles. The Hall–Kier alpha value is -0.530. The maximum atomic E-state index is 4.49. The highest BCUT2D eigenvalue weighted by atomic mass is 15.5. The third kappa shape index (κ3) is 4.37. The van der Waals surface area contributed by atoms with Gasteiger partial charge in [-0.1, -0.05) is 6.92 Å². The van der Waals surface area contributed by atoms with E-state index in [4.69, 9.17) is 0 Å². The zero-order chi connectivity index (χ0) is 9.78. The second-order valence-electron chi connectivity index (χ2n) is 4.34. The van der Waals surface area contributed by atoms with Gasteiger partial charge in [-0.15, -0.1) is 0 Å². The molecule has 0 spiro atoms. The van der Waals surface area contributed by atoms with Crippen LogP contribution in [0.2, 0.25) is 0 Å². The molecule has 0 N–H and O–H groups in total. The van der Waals surface area contributed by atoms with Gasteiger partial charge in [0.15, 0.2) is 0 Å². The largest absolute Gasteiger partial charge is 0.292 e. The van der Waals surface area contributed by atoms with Crippen LogP contribution in [-0.4, -0.2) is 22.8 Å². The summed E-state index contributed by atoms with van der Waals surface area (Å²) in [6, 6.07) is 0. The first-order valence-corrected chi connectivity index (χ1v) is 4.67. The molecular formula is C10H22N2. The summed E-state index contributed by atoms with van der Waals surface area (Å²) in [5.74, 6) is 0. The monoisotopic (exact) mass is 170 g/mol. The number of hydrogen-bond donors (Lipinski definition) is 0. The van der Waals surface area contributed by atoms with E-state index in [1.807, 2.05) is 13.8 Å². The first kappa shape index (κ1) is 11.5. The van der Waals surface area contributed by atoms with Gasteiger partial charge in [0.1, 0.15) is 0 Å². The van der Waals surface area contributed by atoms with Crippen molar-refractivity contribution in [2.24, 2.45) is 5.10 Å². The SMILES string of the molecule is CCCN(N=C(C)C)C(C)(C)C. The van der Waals surface area contributed by atoms with E-state index in [0.717, 1.165) is 18.7 Å². The molecule has 0 bridgehead atoms. The Morgan fingerprint density at radius 3 is 2.00 bits per heavy atom. The lowest BCUT2D eigenvalue weighted by atomic mass is 10.1. The third-order valence-electron chi connectivity index (χ3n) is 1.53. The summed E-state index contributed by atoms with van der Waals surface area (Å²) in [5, 5.41) is 6.64. The van der Waals surface area contributed by atoms with Crippen LogP contribution in [0.15, 0.2) is 5.10 Å². The minimum absolute atomic E-state index is 0.146. The maximum Gasteiger partial charge on any atom is 0.0495 e. The zero-order valence-electron chi connectivity index (χ0n) is 9.31. The van der Waals surface area contributed by atoms with E-state index in [9.17, 15) is 0 Å². The Labute approximate surface area is 76.6 Å². The van der Waals surface area contributed by atoms with Crippen LogP contribution in [-0.2, 0) is 0 Å². The fourth-order valence-electron chi connectivity index (χ4n) is 0.989. The van der Waals surface area contributed by atoms with Crippen molar-refractivity contribution >= 4 is 5.71 Å². The molecule has 0 aromatic heterocycles. The molecule has 0 radical (unpaired) electrons. The highest BCUT2D eigenvalue weighted by Gasteiger charge is 2.18. The van der Waals surface area contributed by atoms with Crippen molar-refractivity contribution < 1.29 is 0 Å². The van der Waals surface area contributed by atoms with E-state index < -0.39 is 0 Å². The van der Waals surface area contributed by atoms with Gasteiger partial charge in [0.05, 0.1) is 0 Å². The standard InChI is InChI=1S/C10H22N2/c1-7-8-12(10(4,5)6)11-9(2)3/h7-8H2,1-6H3. The fourth-order valence-corrected chi connectivity index (χ4v) is 0.989. The van der Waals surface area contributed by atoms with Gasteiger partial charge in [-0.2, -0.15) is 5.10 Å². The van der Waals surface area contributed by atoms with Crippen LogP contribution in [0.3, 0.4) is 0 Å². The van der Waals surface area contributed by atoms with E-state index in [1.165, 1.54) is 0 Å². The van der Waals surface area contributed by atoms with Gasteiger partial charge in [0, 0.05) is 17.8 Å². The van der Waals surface area contributed by atoms with Crippen LogP contribution in [0.25, 0.3) is 0 Å². The van der Waals surface area contributed by atoms with Crippen LogP contribution < -0.4 is 0 Å². The molecule has 72 valence electrons. The molecule has 12 heavy (non-hydrogen) atoms. The average Bonchev–Trinajstić information content (AvgIpc) is 1.83. The normalized spacial score (nSPS) is 11.2. The van der Waals surface area contributed by atoms with E-state index in [-0.39, 0.29) is 5.54 Å². The van der Waals surface area contributed by atoms with Crippen LogP contribution in [0, 0.1) is 0 Å². The summed E-state index contributed by atoms with van der Waals surface area (Å²) in [7, 11) is 0. The molecule has 0 fully saturated rings. The maximum absolute atomic E-state index is 4.49. The van der Waals surface area contributed by atoms with Crippen molar-refractivity contribution in [1.82, 2.24) is 5.01 Å². The highest BCUT2D eigenvalue weighted by molar-refractivity contribution is 5.78. The summed E-state index contributed by atoms with van der Waals surface area (Å²) in [6.45, 7) is 13.9. The predicted molar refractivity (Wildman–Crippen MR) is 55.5 cm³/mol. The smallest absolute Gasteiger partial charge is 0.0495 e. The van der Waals surface area contributed by atoms with E-state index in [2.05, 4.69) is 37.8 Å². The molecule has 0 atom stereocenters. The molecule has 0 aromatic rings. The molecule has 0 aromatic carbocycles. The predicted octanol–water partition coefficient (Wildman–Crippen LogP) is 2.89. The van der Waals surface area contributed by atoms with Crippen molar-refractivity contribution in [3.8, 4) is 0 Å². The molecule has 2 heteroatoms. The molecule has 2 nitrogen and oxygen atoms in total. The Bertz CT molecular complexity index is 150. The molecule has 0 rings (SSSR count). The van der Waals surface area contributed by atoms with Crippen LogP contribution in [0.4, 0.5) is 0 Å². The third-order valence-corrected chi connectivity index (χ3v) is 1.53. The van der Waals surface area contributed by atoms with Gasteiger partial charge >= 0.3 is 0 Å². The lowest BCUT2D eigenvalue weighted by molar-refractivity contribution is 0.143. The second-order valence-corrected chi connectivity index (χ2v) is 4.34. The minimum atomic E-state index is 0.146. The molecule has 0 aliphatic heterocycles. The molecule has 0 saturated heterocycles. The zero-order valence-corrected chi connectivity index (χ0v) is 9.31. The van der Waals surface area contributed by atoms with Gasteiger partial charge < -0.3 is 0 Å². The first-order chi connectivity index (χ1) is 5.38. The summed E-state index contributed by atoms with van der Waals surface area (Å²) in [6.07, 6.45) is 1.15. The van der Waals surface area contributed by atoms with Crippen molar-refractivity contribution in [3.63, 3.8) is 0 Å². The van der Waals surface area contributed by atoms with Crippen LogP contribution in [0.5, 0.6) is 0 Å². The molecule has 0 amide bonds. The number of nitrogens with zero attached hydrogens (tertiary/aromatic N) is 2. The van der Waals surface area contributed by atoms with E-state index in [1.54, 1.807) is 0 Å². The number of hydrazone groups is 1. The van der Waals surface area contributed by atoms with Crippen molar-refractivity contribution in [3.05, 3.63) is 0 Å². The first-order valence-electron chi connectivity index (χ1n) is 4.67. The molecular weight excluding hydrogens is 148 g/mol. The molecule has 0 unspecified atom stereocenters. The molecule has 0 heterocycles. The van der Waals surface area contributed by atoms with E-state index in [0.29, 0.717) is 0 Å². The van der Waals surface area contributed by atoms with E-state index >= 15 is 0 Å². The minimum Gasteiger partial charge on any atom is -0.292 e. The van der Waals surface area contributed by atoms with Crippen LogP contribution >= 0.6 is 0 Å². The summed E-state index contributed by atoms with van der Waals surface area (Å²) >= 11 is 0. The topological polar surface area (TPSA) is 15.6 Å². The Morgan fingerprint density at radius 2 is 1.75 bits per heavy atom. The van der Waals surface area contributed by atoms with Crippen molar-refractivity contribution in [2.75, 3.05) is 6.54 Å². The Morgan fingerprint density at radius 1 is 1.25 bits per heavy atom. The highest BCUT2D eigenvalue weighted by Crippen LogP contribution is 2.14. The quantitative estimate of drug-likeness (QED) is 0.470. The van der Waals surface area contributed by atoms with Gasteiger partial charge in [0.25, 0.3) is 0 Å². The summed E-state index contributed by atoms with van der Waals surface area (Å²) in [4.78, 5) is 0. The Balaban J connectivity index is 4.34. The fraction of sp³-hybridized carbons (Fsp3) is 0.900. The summed E-state index contributed by atoms with van der Waals surface area (Å²) in [5.41, 5.74) is 1.27. The lowest BCUT2D eigenvalue weighted by Gasteiger charge is -2.33. The number of hydrogen-bond acceptors (Lipinski definition) is 2. The van der Waals surface area contributed by atoms with Gasteiger partial charge in [0.2, 0.25) is 0 Å². The Kier molecular flexibility index (Phi) is 4.29. The molecule has 0 aliphatic carbocycles. The number of rotatable bonds is 3. The van der Waals surface area contributed by atoms with Gasteiger partial charge in [-0.05, 0) is 41.0 Å². The average molecular weight is 170 g/mol. The molecule has 0 aliphatic rings.